The summed E-state index contributed by atoms with van der Waals surface area (Å²) in [6.07, 6.45) is 0.764. The molecule has 2 aromatic rings. The molecule has 0 spiro atoms. The highest BCUT2D eigenvalue weighted by Crippen LogP contribution is 2.24. The van der Waals surface area contributed by atoms with E-state index in [-0.39, 0.29) is 6.61 Å². The quantitative estimate of drug-likeness (QED) is 0.784. The van der Waals surface area contributed by atoms with Crippen LogP contribution in [0.3, 0.4) is 0 Å². The van der Waals surface area contributed by atoms with Crippen LogP contribution in [0.15, 0.2) is 24.3 Å². The van der Waals surface area contributed by atoms with Crippen molar-refractivity contribution in [2.24, 2.45) is 7.05 Å². The number of rotatable bonds is 7. The van der Waals surface area contributed by atoms with Crippen molar-refractivity contribution in [2.45, 2.75) is 32.5 Å². The van der Waals surface area contributed by atoms with E-state index in [0.717, 1.165) is 56.2 Å². The lowest BCUT2D eigenvalue weighted by Crippen LogP contribution is -2.52. The molecular formula is C20H29ClN4O2. The van der Waals surface area contributed by atoms with E-state index in [4.69, 9.17) is 16.3 Å². The number of methoxy groups -OCH3 is 1. The summed E-state index contributed by atoms with van der Waals surface area (Å²) in [4.78, 5) is 4.87. The van der Waals surface area contributed by atoms with Gasteiger partial charge in [0.05, 0.1) is 12.8 Å². The van der Waals surface area contributed by atoms with Gasteiger partial charge in [-0.3, -0.25) is 14.5 Å². The van der Waals surface area contributed by atoms with E-state index in [2.05, 4.69) is 27.0 Å². The van der Waals surface area contributed by atoms with E-state index >= 15 is 0 Å². The van der Waals surface area contributed by atoms with Gasteiger partial charge in [0.2, 0.25) is 0 Å². The molecule has 2 heterocycles. The fraction of sp³-hybridized carbons (Fsp3) is 0.550. The van der Waals surface area contributed by atoms with Crippen LogP contribution in [0, 0.1) is 6.92 Å². The van der Waals surface area contributed by atoms with Gasteiger partial charge in [-0.2, -0.15) is 5.10 Å². The lowest BCUT2D eigenvalue weighted by Gasteiger charge is -2.41. The minimum atomic E-state index is 0.194. The second-order valence-corrected chi connectivity index (χ2v) is 7.56. The molecule has 7 heteroatoms. The Morgan fingerprint density at radius 1 is 1.30 bits per heavy atom. The molecule has 3 rings (SSSR count). The van der Waals surface area contributed by atoms with E-state index in [1.165, 1.54) is 5.56 Å². The predicted octanol–water partition coefficient (Wildman–Crippen LogP) is 2.46. The van der Waals surface area contributed by atoms with Crippen molar-refractivity contribution in [2.75, 3.05) is 33.4 Å². The molecule has 6 nitrogen and oxygen atoms in total. The first-order chi connectivity index (χ1) is 13.0. The zero-order valence-electron chi connectivity index (χ0n) is 16.4. The summed E-state index contributed by atoms with van der Waals surface area (Å²) < 4.78 is 7.07. The number of ether oxygens (including phenoxy) is 1. The molecule has 1 saturated heterocycles. The SMILES string of the molecule is COc1cccc(CN2CCN(Cc3c(C)nn(C)c3Cl)CC2CCO)c1. The Labute approximate surface area is 166 Å². The molecule has 1 N–H and O–H groups in total. The highest BCUT2D eigenvalue weighted by Gasteiger charge is 2.28. The maximum absolute atomic E-state index is 9.55. The molecule has 0 saturated carbocycles. The minimum Gasteiger partial charge on any atom is -0.497 e. The molecule has 0 amide bonds. The number of aliphatic hydroxyl groups excluding tert-OH is 1. The van der Waals surface area contributed by atoms with Crippen molar-refractivity contribution < 1.29 is 9.84 Å². The molecule has 0 bridgehead atoms. The van der Waals surface area contributed by atoms with Gasteiger partial charge in [0.1, 0.15) is 10.9 Å². The lowest BCUT2D eigenvalue weighted by atomic mass is 10.1. The average Bonchev–Trinajstić information content (AvgIpc) is 2.90. The molecule has 1 fully saturated rings. The van der Waals surface area contributed by atoms with Crippen molar-refractivity contribution in [3.8, 4) is 5.75 Å². The monoisotopic (exact) mass is 392 g/mol. The fourth-order valence-electron chi connectivity index (χ4n) is 3.81. The number of aryl methyl sites for hydroxylation is 2. The van der Waals surface area contributed by atoms with Gasteiger partial charge in [0, 0.05) is 58.0 Å². The van der Waals surface area contributed by atoms with Gasteiger partial charge in [-0.05, 0) is 31.0 Å². The largest absolute Gasteiger partial charge is 0.497 e. The average molecular weight is 393 g/mol. The molecule has 1 aromatic carbocycles. The van der Waals surface area contributed by atoms with Gasteiger partial charge in [-0.15, -0.1) is 0 Å². The molecule has 1 atom stereocenters. The first-order valence-corrected chi connectivity index (χ1v) is 9.77. The molecule has 1 aliphatic rings. The Morgan fingerprint density at radius 2 is 2.11 bits per heavy atom. The number of halogens is 1. The number of nitrogens with zero attached hydrogens (tertiary/aromatic N) is 4. The zero-order valence-corrected chi connectivity index (χ0v) is 17.1. The standard InChI is InChI=1S/C20H29ClN4O2/c1-15-19(20(21)23(2)22-15)14-24-8-9-25(17(13-24)7-10-26)12-16-5-4-6-18(11-16)27-3/h4-6,11,17,26H,7-10,12-14H2,1-3H3. The molecule has 0 aliphatic carbocycles. The number of hydrogen-bond donors (Lipinski definition) is 1. The molecule has 1 aromatic heterocycles. The van der Waals surface area contributed by atoms with Crippen molar-refractivity contribution >= 4 is 11.6 Å². The minimum absolute atomic E-state index is 0.194. The Balaban J connectivity index is 1.67. The van der Waals surface area contributed by atoms with Gasteiger partial charge in [0.25, 0.3) is 0 Å². The van der Waals surface area contributed by atoms with Gasteiger partial charge in [0.15, 0.2) is 0 Å². The van der Waals surface area contributed by atoms with Crippen LogP contribution >= 0.6 is 11.6 Å². The number of benzene rings is 1. The van der Waals surface area contributed by atoms with Crippen LogP contribution in [0.4, 0.5) is 0 Å². The third-order valence-electron chi connectivity index (χ3n) is 5.32. The van der Waals surface area contributed by atoms with E-state index in [9.17, 15) is 5.11 Å². The van der Waals surface area contributed by atoms with E-state index in [1.807, 2.05) is 26.1 Å². The van der Waals surface area contributed by atoms with Crippen LogP contribution < -0.4 is 4.74 Å². The van der Waals surface area contributed by atoms with Gasteiger partial charge >= 0.3 is 0 Å². The van der Waals surface area contributed by atoms with Gasteiger partial charge in [-0.25, -0.2) is 0 Å². The summed E-state index contributed by atoms with van der Waals surface area (Å²) in [7, 11) is 3.57. The normalized spacial score (nSPS) is 18.8. The zero-order chi connectivity index (χ0) is 19.4. The predicted molar refractivity (Wildman–Crippen MR) is 107 cm³/mol. The summed E-state index contributed by atoms with van der Waals surface area (Å²) in [5.74, 6) is 0.881. The van der Waals surface area contributed by atoms with Gasteiger partial charge in [-0.1, -0.05) is 23.7 Å². The Hall–Kier alpha value is -1.60. The molecule has 1 aliphatic heterocycles. The van der Waals surface area contributed by atoms with Crippen LogP contribution in [0.1, 0.15) is 23.2 Å². The summed E-state index contributed by atoms with van der Waals surface area (Å²) in [5, 5.41) is 14.7. The summed E-state index contributed by atoms with van der Waals surface area (Å²) in [6.45, 7) is 6.70. The molecule has 0 radical (unpaired) electrons. The molecule has 27 heavy (non-hydrogen) atoms. The van der Waals surface area contributed by atoms with Gasteiger partial charge < -0.3 is 9.84 Å². The van der Waals surface area contributed by atoms with E-state index < -0.39 is 0 Å². The highest BCUT2D eigenvalue weighted by molar-refractivity contribution is 6.30. The molecular weight excluding hydrogens is 364 g/mol. The van der Waals surface area contributed by atoms with Crippen molar-refractivity contribution in [3.63, 3.8) is 0 Å². The maximum atomic E-state index is 9.55. The second kappa shape index (κ2) is 9.06. The number of aromatic nitrogens is 2. The fourth-order valence-corrected chi connectivity index (χ4v) is 4.05. The highest BCUT2D eigenvalue weighted by atomic mass is 35.5. The Kier molecular flexibility index (Phi) is 6.76. The van der Waals surface area contributed by atoms with E-state index in [1.54, 1.807) is 11.8 Å². The summed E-state index contributed by atoms with van der Waals surface area (Å²) >= 11 is 6.41. The first kappa shape index (κ1) is 20.1. The van der Waals surface area contributed by atoms with Crippen molar-refractivity contribution in [1.82, 2.24) is 19.6 Å². The molecule has 1 unspecified atom stereocenters. The first-order valence-electron chi connectivity index (χ1n) is 9.40. The molecule has 148 valence electrons. The van der Waals surface area contributed by atoms with Crippen molar-refractivity contribution in [3.05, 3.63) is 46.2 Å². The van der Waals surface area contributed by atoms with Crippen LogP contribution in [-0.2, 0) is 20.1 Å². The topological polar surface area (TPSA) is 53.8 Å². The third-order valence-corrected chi connectivity index (χ3v) is 5.80. The van der Waals surface area contributed by atoms with Crippen LogP contribution in [-0.4, -0.2) is 64.1 Å². The van der Waals surface area contributed by atoms with Crippen LogP contribution in [0.25, 0.3) is 0 Å². The van der Waals surface area contributed by atoms with Crippen molar-refractivity contribution in [1.29, 1.82) is 0 Å². The third kappa shape index (κ3) is 4.82. The number of hydrogen-bond acceptors (Lipinski definition) is 5. The van der Waals surface area contributed by atoms with E-state index in [0.29, 0.717) is 11.2 Å². The summed E-state index contributed by atoms with van der Waals surface area (Å²) in [5.41, 5.74) is 3.32. The second-order valence-electron chi connectivity index (χ2n) is 7.20. The lowest BCUT2D eigenvalue weighted by molar-refractivity contribution is 0.0498. The Morgan fingerprint density at radius 3 is 2.78 bits per heavy atom. The maximum Gasteiger partial charge on any atom is 0.131 e. The number of aliphatic hydroxyl groups is 1. The smallest absolute Gasteiger partial charge is 0.131 e. The summed E-state index contributed by atoms with van der Waals surface area (Å²) in [6, 6.07) is 8.52. The number of piperazine rings is 1. The van der Waals surface area contributed by atoms with Crippen LogP contribution in [0.2, 0.25) is 5.15 Å². The van der Waals surface area contributed by atoms with Crippen LogP contribution in [0.5, 0.6) is 5.75 Å². The Bertz CT molecular complexity index is 764.